The molecule has 53 heavy (non-hydrogen) atoms. The van der Waals surface area contributed by atoms with Crippen molar-refractivity contribution < 1.29 is 42.8 Å². The number of anilines is 1. The van der Waals surface area contributed by atoms with Crippen molar-refractivity contribution in [3.8, 4) is 11.5 Å². The Kier molecular flexibility index (Phi) is 11.3. The van der Waals surface area contributed by atoms with Gasteiger partial charge in [0, 0.05) is 19.1 Å². The molecule has 0 radical (unpaired) electrons. The van der Waals surface area contributed by atoms with E-state index < -0.39 is 61.6 Å². The van der Waals surface area contributed by atoms with Gasteiger partial charge in [-0.15, -0.1) is 0 Å². The zero-order valence-corrected chi connectivity index (χ0v) is 30.9. The number of hydrogen-bond donors (Lipinski definition) is 3. The number of nitrogens with zero attached hydrogens (tertiary/aromatic N) is 5. The number of ether oxygens (including phenoxy) is 3. The molecule has 286 valence electrons. The van der Waals surface area contributed by atoms with Gasteiger partial charge < -0.3 is 34.4 Å². The molecular formula is C34H43FN8O10. The van der Waals surface area contributed by atoms with Crippen molar-refractivity contribution >= 4 is 57.2 Å². The van der Waals surface area contributed by atoms with Crippen molar-refractivity contribution in [2.75, 3.05) is 18.0 Å². The summed E-state index contributed by atoms with van der Waals surface area (Å²) in [5.41, 5.74) is -2.12. The van der Waals surface area contributed by atoms with Crippen molar-refractivity contribution in [2.45, 2.75) is 86.8 Å². The first kappa shape index (κ1) is 39.9. The van der Waals surface area contributed by atoms with Crippen molar-refractivity contribution in [2.24, 2.45) is 10.8 Å². The van der Waals surface area contributed by atoms with E-state index in [1.165, 1.54) is 12.4 Å². The van der Waals surface area contributed by atoms with Crippen molar-refractivity contribution in [1.29, 1.82) is 0 Å². The Morgan fingerprint density at radius 1 is 0.849 bits per heavy atom. The lowest BCUT2D eigenvalue weighted by Crippen LogP contribution is -2.49. The van der Waals surface area contributed by atoms with E-state index >= 15 is 0 Å². The average molecular weight is 743 g/mol. The molecule has 1 fully saturated rings. The number of piperidine rings is 1. The van der Waals surface area contributed by atoms with Crippen LogP contribution in [0.25, 0.3) is 22.1 Å². The maximum absolute atomic E-state index is 14.2. The van der Waals surface area contributed by atoms with Gasteiger partial charge in [-0.2, -0.15) is 0 Å². The third kappa shape index (κ3) is 9.52. The van der Waals surface area contributed by atoms with E-state index in [0.717, 1.165) is 25.2 Å². The highest BCUT2D eigenvalue weighted by Gasteiger charge is 2.33. The summed E-state index contributed by atoms with van der Waals surface area (Å²) in [6.07, 6.45) is 5.63. The van der Waals surface area contributed by atoms with Gasteiger partial charge in [-0.3, -0.25) is 29.8 Å². The molecule has 0 aromatic carbocycles. The maximum atomic E-state index is 14.2. The molecule has 19 heteroatoms. The van der Waals surface area contributed by atoms with Crippen LogP contribution >= 0.6 is 0 Å². The van der Waals surface area contributed by atoms with Gasteiger partial charge in [0.1, 0.15) is 33.4 Å². The van der Waals surface area contributed by atoms with Gasteiger partial charge in [-0.05, 0) is 75.2 Å². The first-order valence-electron chi connectivity index (χ1n) is 16.6. The summed E-state index contributed by atoms with van der Waals surface area (Å²) in [6.45, 7) is 16.3. The number of aromatic nitrogens is 4. The van der Waals surface area contributed by atoms with E-state index in [4.69, 9.17) is 14.2 Å². The quantitative estimate of drug-likeness (QED) is 0.109. The van der Waals surface area contributed by atoms with Crippen LogP contribution in [0.1, 0.15) is 75.2 Å². The second kappa shape index (κ2) is 15.0. The van der Waals surface area contributed by atoms with Crippen LogP contribution in [0, 0.1) is 36.9 Å². The zero-order valence-electron chi connectivity index (χ0n) is 30.9. The molecule has 0 unspecified atom stereocenters. The Labute approximate surface area is 303 Å². The van der Waals surface area contributed by atoms with E-state index in [1.807, 2.05) is 4.90 Å². The fourth-order valence-corrected chi connectivity index (χ4v) is 5.09. The number of fused-ring (bicyclic) bond motifs is 2. The number of nitro groups is 2. The van der Waals surface area contributed by atoms with Crippen LogP contribution in [0.15, 0.2) is 24.8 Å². The Bertz CT molecular complexity index is 2060. The first-order chi connectivity index (χ1) is 24.5. The molecule has 0 spiro atoms. The van der Waals surface area contributed by atoms with Crippen LogP contribution in [0.4, 0.5) is 26.2 Å². The minimum Gasteiger partial charge on any atom is -0.444 e. The number of amides is 1. The molecule has 4 aromatic heterocycles. The smallest absolute Gasteiger partial charge is 0.407 e. The van der Waals surface area contributed by atoms with Gasteiger partial charge in [0.05, 0.1) is 45.5 Å². The number of alkyl carbamates (subject to hydrolysis) is 1. The Hall–Kier alpha value is -5.88. The van der Waals surface area contributed by atoms with Gasteiger partial charge in [-0.1, -0.05) is 0 Å². The molecule has 0 saturated carbocycles. The van der Waals surface area contributed by atoms with E-state index in [-0.39, 0.29) is 33.9 Å². The van der Waals surface area contributed by atoms with Crippen LogP contribution in [-0.4, -0.2) is 72.5 Å². The monoisotopic (exact) mass is 742 g/mol. The topological polar surface area (TPSA) is 238 Å². The first-order valence-corrected chi connectivity index (χ1v) is 16.6. The number of nitrogens with one attached hydrogen (secondary N) is 3. The number of pyridine rings is 2. The van der Waals surface area contributed by atoms with Crippen LogP contribution < -0.4 is 19.7 Å². The lowest BCUT2D eigenvalue weighted by atomic mass is 9.97. The number of carbonyl (C=O) groups excluding carboxylic acids is 3. The molecule has 1 aliphatic rings. The van der Waals surface area contributed by atoms with Gasteiger partial charge in [0.25, 0.3) is 11.4 Å². The van der Waals surface area contributed by atoms with Crippen molar-refractivity contribution in [1.82, 2.24) is 25.3 Å². The largest absolute Gasteiger partial charge is 0.444 e. The SMILES string of the molecule is CC(C)(C)C(=O)Oc1cnc2[nH]cc([N+](=O)[O-])c2c1F.CC(C)(C)OC(=O)N[C@@H]1CCCN(c2c(OC(=O)C(C)(C)C)cnc3[nH]cc([N+](=O)[O-])c23)C1. The van der Waals surface area contributed by atoms with Crippen LogP contribution in [0.2, 0.25) is 0 Å². The lowest BCUT2D eigenvalue weighted by Gasteiger charge is -2.36. The summed E-state index contributed by atoms with van der Waals surface area (Å²) in [5, 5.41) is 25.3. The molecule has 1 atom stereocenters. The molecule has 5 heterocycles. The lowest BCUT2D eigenvalue weighted by molar-refractivity contribution is -0.383. The summed E-state index contributed by atoms with van der Waals surface area (Å²) in [5.74, 6) is -2.41. The molecule has 5 rings (SSSR count). The zero-order chi connectivity index (χ0) is 39.6. The van der Waals surface area contributed by atoms with Crippen LogP contribution in [-0.2, 0) is 14.3 Å². The van der Waals surface area contributed by atoms with E-state index in [1.54, 1.807) is 62.3 Å². The fourth-order valence-electron chi connectivity index (χ4n) is 5.09. The number of esters is 2. The van der Waals surface area contributed by atoms with Gasteiger partial charge in [-0.25, -0.2) is 19.2 Å². The predicted octanol–water partition coefficient (Wildman–Crippen LogP) is 6.48. The highest BCUT2D eigenvalue weighted by atomic mass is 19.1. The molecule has 1 saturated heterocycles. The van der Waals surface area contributed by atoms with Crippen LogP contribution in [0.3, 0.4) is 0 Å². The maximum Gasteiger partial charge on any atom is 0.407 e. The standard InChI is InChI=1S/C22H31N5O6.C12H12FN3O4/c1-21(2,3)19(28)32-15-11-24-18-16(14(10-23-18)27(30)31)17(15)26-9-7-8-13(12-26)25-20(29)33-22(4,5)6;1-12(2,3)11(17)20-7-5-15-10-8(9(7)13)6(4-14-10)16(18)19/h10-11,13H,7-9,12H2,1-6H3,(H,23,24)(H,25,29);4-5H,1-3H3,(H,14,15)/t13-;/m1./s1. The predicted molar refractivity (Wildman–Crippen MR) is 190 cm³/mol. The summed E-state index contributed by atoms with van der Waals surface area (Å²) in [7, 11) is 0. The Balaban J connectivity index is 0.000000267. The molecule has 18 nitrogen and oxygen atoms in total. The fraction of sp³-hybridized carbons (Fsp3) is 0.500. The second-order valence-corrected chi connectivity index (χ2v) is 15.4. The van der Waals surface area contributed by atoms with Crippen molar-refractivity contribution in [3.05, 3.63) is 50.8 Å². The number of carbonyl (C=O) groups is 3. The van der Waals surface area contributed by atoms with E-state index in [9.17, 15) is 39.0 Å². The molecule has 0 bridgehead atoms. The normalized spacial score (nSPS) is 15.0. The highest BCUT2D eigenvalue weighted by molar-refractivity contribution is 6.01. The number of halogens is 1. The molecule has 3 N–H and O–H groups in total. The van der Waals surface area contributed by atoms with Crippen LogP contribution in [0.5, 0.6) is 11.5 Å². The molecular weight excluding hydrogens is 699 g/mol. The molecule has 1 aliphatic heterocycles. The highest BCUT2D eigenvalue weighted by Crippen LogP contribution is 2.42. The molecule has 4 aromatic rings. The van der Waals surface area contributed by atoms with E-state index in [2.05, 4.69) is 25.3 Å². The minimum absolute atomic E-state index is 0.0183. The van der Waals surface area contributed by atoms with Crippen molar-refractivity contribution in [3.63, 3.8) is 0 Å². The molecule has 1 amide bonds. The minimum atomic E-state index is -0.986. The number of H-pyrrole nitrogens is 2. The summed E-state index contributed by atoms with van der Waals surface area (Å²) < 4.78 is 30.2. The third-order valence-corrected chi connectivity index (χ3v) is 7.69. The summed E-state index contributed by atoms with van der Waals surface area (Å²) in [4.78, 5) is 73.1. The van der Waals surface area contributed by atoms with Gasteiger partial charge in [0.2, 0.25) is 0 Å². The molecule has 0 aliphatic carbocycles. The summed E-state index contributed by atoms with van der Waals surface area (Å²) >= 11 is 0. The number of aromatic amines is 2. The summed E-state index contributed by atoms with van der Waals surface area (Å²) in [6, 6.07) is -0.249. The number of hydrogen-bond acceptors (Lipinski definition) is 13. The Morgan fingerprint density at radius 3 is 1.85 bits per heavy atom. The third-order valence-electron chi connectivity index (χ3n) is 7.69. The van der Waals surface area contributed by atoms with Gasteiger partial charge >= 0.3 is 18.0 Å². The Morgan fingerprint density at radius 2 is 1.34 bits per heavy atom. The number of rotatable bonds is 6. The van der Waals surface area contributed by atoms with Gasteiger partial charge in [0.15, 0.2) is 17.3 Å². The van der Waals surface area contributed by atoms with E-state index in [0.29, 0.717) is 24.4 Å². The second-order valence-electron chi connectivity index (χ2n) is 15.4. The average Bonchev–Trinajstić information content (AvgIpc) is 3.66.